The molecule has 0 aliphatic heterocycles. The third-order valence-corrected chi connectivity index (χ3v) is 3.99. The van der Waals surface area contributed by atoms with Crippen LogP contribution < -0.4 is 4.72 Å². The van der Waals surface area contributed by atoms with Gasteiger partial charge < -0.3 is 5.11 Å². The van der Waals surface area contributed by atoms with Crippen molar-refractivity contribution >= 4 is 21.7 Å². The van der Waals surface area contributed by atoms with Crippen molar-refractivity contribution in [3.05, 3.63) is 59.7 Å². The molecule has 0 amide bonds. The zero-order valence-electron chi connectivity index (χ0n) is 10.4. The number of benzene rings is 2. The summed E-state index contributed by atoms with van der Waals surface area (Å²) in [6, 6.07) is 7.36. The quantitative estimate of drug-likeness (QED) is 0.908. The zero-order chi connectivity index (χ0) is 15.6. The van der Waals surface area contributed by atoms with E-state index in [1.165, 1.54) is 12.1 Å². The van der Waals surface area contributed by atoms with Gasteiger partial charge in [0.25, 0.3) is 10.0 Å². The van der Waals surface area contributed by atoms with Crippen LogP contribution in [-0.4, -0.2) is 19.5 Å². The first-order valence-electron chi connectivity index (χ1n) is 5.61. The lowest BCUT2D eigenvalue weighted by Crippen LogP contribution is -2.15. The molecule has 0 fully saturated rings. The van der Waals surface area contributed by atoms with E-state index in [0.717, 1.165) is 30.3 Å². The predicted octanol–water partition coefficient (Wildman–Crippen LogP) is 2.46. The minimum absolute atomic E-state index is 0.183. The fraction of sp³-hybridized carbons (Fsp3) is 0. The first kappa shape index (κ1) is 14.9. The Morgan fingerprint density at radius 2 is 1.71 bits per heavy atom. The van der Waals surface area contributed by atoms with E-state index in [0.29, 0.717) is 0 Å². The molecule has 0 spiro atoms. The zero-order valence-corrected chi connectivity index (χ0v) is 11.2. The molecule has 21 heavy (non-hydrogen) atoms. The van der Waals surface area contributed by atoms with Crippen LogP contribution in [0.1, 0.15) is 10.4 Å². The topological polar surface area (TPSA) is 83.5 Å². The lowest BCUT2D eigenvalue weighted by molar-refractivity contribution is 0.0692. The molecule has 8 heteroatoms. The summed E-state index contributed by atoms with van der Waals surface area (Å²) >= 11 is 0. The van der Waals surface area contributed by atoms with E-state index < -0.39 is 38.1 Å². The second-order valence-corrected chi connectivity index (χ2v) is 5.69. The van der Waals surface area contributed by atoms with Gasteiger partial charge in [-0.3, -0.25) is 4.72 Å². The molecule has 0 aliphatic carbocycles. The standard InChI is InChI=1S/C13H9F2NO4S/c14-10-6-5-8(7-9(10)13(17)18)16-21(19,20)12-4-2-1-3-11(12)15/h1-7,16H,(H,17,18). The molecule has 2 rings (SSSR count). The van der Waals surface area contributed by atoms with Crippen LogP contribution in [0.15, 0.2) is 47.4 Å². The Morgan fingerprint density at radius 3 is 2.33 bits per heavy atom. The minimum Gasteiger partial charge on any atom is -0.478 e. The second kappa shape index (κ2) is 5.49. The summed E-state index contributed by atoms with van der Waals surface area (Å²) in [4.78, 5) is 10.2. The van der Waals surface area contributed by atoms with Crippen LogP contribution in [0.3, 0.4) is 0 Å². The van der Waals surface area contributed by atoms with Crippen LogP contribution >= 0.6 is 0 Å². The number of halogens is 2. The first-order chi connectivity index (χ1) is 9.81. The van der Waals surface area contributed by atoms with Gasteiger partial charge in [-0.25, -0.2) is 22.0 Å². The van der Waals surface area contributed by atoms with Gasteiger partial charge in [-0.15, -0.1) is 0 Å². The van der Waals surface area contributed by atoms with Crippen LogP contribution in [0.25, 0.3) is 0 Å². The number of anilines is 1. The third-order valence-electron chi connectivity index (χ3n) is 2.58. The summed E-state index contributed by atoms with van der Waals surface area (Å²) < 4.78 is 52.7. The van der Waals surface area contributed by atoms with Gasteiger partial charge in [-0.05, 0) is 30.3 Å². The molecule has 0 saturated heterocycles. The van der Waals surface area contributed by atoms with Crippen molar-refractivity contribution < 1.29 is 27.1 Å². The Morgan fingerprint density at radius 1 is 1.05 bits per heavy atom. The Balaban J connectivity index is 2.40. The second-order valence-electron chi connectivity index (χ2n) is 4.04. The number of hydrogen-bond acceptors (Lipinski definition) is 3. The van der Waals surface area contributed by atoms with Crippen molar-refractivity contribution in [1.29, 1.82) is 0 Å². The van der Waals surface area contributed by atoms with Gasteiger partial charge in [0.05, 0.1) is 5.56 Å². The number of nitrogens with one attached hydrogen (secondary N) is 1. The van der Waals surface area contributed by atoms with E-state index in [2.05, 4.69) is 0 Å². The molecule has 110 valence electrons. The highest BCUT2D eigenvalue weighted by Crippen LogP contribution is 2.20. The van der Waals surface area contributed by atoms with Gasteiger partial charge in [0, 0.05) is 5.69 Å². The number of carboxylic acid groups (broad SMARTS) is 1. The molecule has 0 aliphatic rings. The molecule has 5 nitrogen and oxygen atoms in total. The fourth-order valence-corrected chi connectivity index (χ4v) is 2.76. The van der Waals surface area contributed by atoms with Gasteiger partial charge in [0.15, 0.2) is 0 Å². The van der Waals surface area contributed by atoms with Crippen molar-refractivity contribution in [3.63, 3.8) is 0 Å². The fourth-order valence-electron chi connectivity index (χ4n) is 1.63. The molecule has 2 aromatic rings. The number of rotatable bonds is 4. The van der Waals surface area contributed by atoms with Gasteiger partial charge in [-0.1, -0.05) is 12.1 Å². The predicted molar refractivity (Wildman–Crippen MR) is 70.6 cm³/mol. The van der Waals surface area contributed by atoms with E-state index in [9.17, 15) is 22.0 Å². The maximum atomic E-state index is 13.5. The summed E-state index contributed by atoms with van der Waals surface area (Å²) in [7, 11) is -4.24. The van der Waals surface area contributed by atoms with E-state index in [4.69, 9.17) is 5.11 Å². The molecule has 0 aromatic heterocycles. The first-order valence-corrected chi connectivity index (χ1v) is 7.10. The molecule has 2 aromatic carbocycles. The maximum Gasteiger partial charge on any atom is 0.338 e. The van der Waals surface area contributed by atoms with Crippen molar-refractivity contribution in [3.8, 4) is 0 Å². The smallest absolute Gasteiger partial charge is 0.338 e. The summed E-state index contributed by atoms with van der Waals surface area (Å²) in [5, 5.41) is 8.77. The highest BCUT2D eigenvalue weighted by atomic mass is 32.2. The summed E-state index contributed by atoms with van der Waals surface area (Å²) in [5.74, 6) is -3.50. The number of sulfonamides is 1. The van der Waals surface area contributed by atoms with Gasteiger partial charge in [-0.2, -0.15) is 0 Å². The summed E-state index contributed by atoms with van der Waals surface area (Å²) in [5.41, 5.74) is -0.874. The van der Waals surface area contributed by atoms with E-state index >= 15 is 0 Å². The SMILES string of the molecule is O=C(O)c1cc(NS(=O)(=O)c2ccccc2F)ccc1F. The molecule has 0 bridgehead atoms. The molecular formula is C13H9F2NO4S. The molecule has 0 atom stereocenters. The van der Waals surface area contributed by atoms with E-state index in [-0.39, 0.29) is 5.69 Å². The summed E-state index contributed by atoms with van der Waals surface area (Å²) in [6.45, 7) is 0. The minimum atomic E-state index is -4.24. The normalized spacial score (nSPS) is 11.1. The Bertz CT molecular complexity index is 806. The van der Waals surface area contributed by atoms with Crippen LogP contribution in [0.5, 0.6) is 0 Å². The van der Waals surface area contributed by atoms with E-state index in [1.54, 1.807) is 0 Å². The highest BCUT2D eigenvalue weighted by molar-refractivity contribution is 7.92. The van der Waals surface area contributed by atoms with Crippen molar-refractivity contribution in [2.24, 2.45) is 0 Å². The summed E-state index contributed by atoms with van der Waals surface area (Å²) in [6.07, 6.45) is 0. The molecule has 2 N–H and O–H groups in total. The van der Waals surface area contributed by atoms with Crippen LogP contribution in [0.2, 0.25) is 0 Å². The lowest BCUT2D eigenvalue weighted by atomic mass is 10.2. The van der Waals surface area contributed by atoms with Crippen molar-refractivity contribution in [2.75, 3.05) is 4.72 Å². The van der Waals surface area contributed by atoms with Crippen LogP contribution in [0.4, 0.5) is 14.5 Å². The third kappa shape index (κ3) is 3.16. The van der Waals surface area contributed by atoms with Gasteiger partial charge in [0.2, 0.25) is 0 Å². The van der Waals surface area contributed by atoms with Gasteiger partial charge >= 0.3 is 5.97 Å². The van der Waals surface area contributed by atoms with Crippen LogP contribution in [-0.2, 0) is 10.0 Å². The number of carboxylic acids is 1. The molecule has 0 radical (unpaired) electrons. The molecule has 0 heterocycles. The van der Waals surface area contributed by atoms with Crippen molar-refractivity contribution in [2.45, 2.75) is 4.90 Å². The highest BCUT2D eigenvalue weighted by Gasteiger charge is 2.20. The molecular weight excluding hydrogens is 304 g/mol. The largest absolute Gasteiger partial charge is 0.478 e. The maximum absolute atomic E-state index is 13.5. The van der Waals surface area contributed by atoms with Crippen molar-refractivity contribution in [1.82, 2.24) is 0 Å². The average molecular weight is 313 g/mol. The average Bonchev–Trinajstić information content (AvgIpc) is 2.40. The monoisotopic (exact) mass is 313 g/mol. The number of hydrogen-bond donors (Lipinski definition) is 2. The Hall–Kier alpha value is -2.48. The lowest BCUT2D eigenvalue weighted by Gasteiger charge is -2.09. The van der Waals surface area contributed by atoms with E-state index in [1.807, 2.05) is 4.72 Å². The molecule has 0 saturated carbocycles. The number of carbonyl (C=O) groups is 1. The Labute approximate surface area is 118 Å². The number of aromatic carboxylic acids is 1. The molecule has 0 unspecified atom stereocenters. The van der Waals surface area contributed by atoms with Gasteiger partial charge in [0.1, 0.15) is 16.5 Å². The Kier molecular flexibility index (Phi) is 3.90. The van der Waals surface area contributed by atoms with Crippen LogP contribution in [0, 0.1) is 11.6 Å².